The van der Waals surface area contributed by atoms with E-state index in [9.17, 15) is 9.59 Å². The van der Waals surface area contributed by atoms with Gasteiger partial charge in [-0.05, 0) is 38.7 Å². The number of aryl methyl sites for hydroxylation is 1. The third kappa shape index (κ3) is 6.35. The molecule has 0 bridgehead atoms. The van der Waals surface area contributed by atoms with E-state index in [0.29, 0.717) is 12.3 Å². The van der Waals surface area contributed by atoms with Crippen molar-refractivity contribution in [3.05, 3.63) is 35.4 Å². The van der Waals surface area contributed by atoms with Crippen LogP contribution in [0.25, 0.3) is 0 Å². The summed E-state index contributed by atoms with van der Waals surface area (Å²) in [5.41, 5.74) is 2.50. The SMILES string of the molecule is CCCCNC(=O)C1CCC(C)N(C(=O)CSCc2cccc(C)c2)C1. The second-order valence-electron chi connectivity index (χ2n) is 7.30. The highest BCUT2D eigenvalue weighted by atomic mass is 32.2. The molecule has 1 heterocycles. The summed E-state index contributed by atoms with van der Waals surface area (Å²) in [6, 6.07) is 8.63. The van der Waals surface area contributed by atoms with Gasteiger partial charge in [0.25, 0.3) is 0 Å². The van der Waals surface area contributed by atoms with E-state index in [1.54, 1.807) is 11.8 Å². The molecule has 2 atom stereocenters. The lowest BCUT2D eigenvalue weighted by molar-refractivity contribution is -0.136. The molecule has 2 rings (SSSR count). The van der Waals surface area contributed by atoms with E-state index in [4.69, 9.17) is 0 Å². The van der Waals surface area contributed by atoms with Crippen LogP contribution >= 0.6 is 11.8 Å². The van der Waals surface area contributed by atoms with Crippen molar-refractivity contribution in [2.75, 3.05) is 18.8 Å². The molecular weight excluding hydrogens is 344 g/mol. The molecule has 4 nitrogen and oxygen atoms in total. The Morgan fingerprint density at radius 1 is 1.31 bits per heavy atom. The topological polar surface area (TPSA) is 49.4 Å². The lowest BCUT2D eigenvalue weighted by Gasteiger charge is -2.37. The normalized spacial score (nSPS) is 20.0. The van der Waals surface area contributed by atoms with Crippen molar-refractivity contribution in [2.24, 2.45) is 5.92 Å². The van der Waals surface area contributed by atoms with E-state index in [1.807, 2.05) is 4.90 Å². The standard InChI is InChI=1S/C21H32N2O2S/c1-4-5-11-22-21(25)19-10-9-17(3)23(13-19)20(24)15-26-14-18-8-6-7-16(2)12-18/h6-8,12,17,19H,4-5,9-11,13-15H2,1-3H3,(H,22,25). The third-order valence-electron chi connectivity index (χ3n) is 4.98. The van der Waals surface area contributed by atoms with Gasteiger partial charge in [0.1, 0.15) is 0 Å². The van der Waals surface area contributed by atoms with Gasteiger partial charge in [-0.25, -0.2) is 0 Å². The van der Waals surface area contributed by atoms with Gasteiger partial charge in [-0.1, -0.05) is 43.2 Å². The molecule has 0 saturated carbocycles. The fraction of sp³-hybridized carbons (Fsp3) is 0.619. The second-order valence-corrected chi connectivity index (χ2v) is 8.28. The van der Waals surface area contributed by atoms with Gasteiger partial charge in [-0.3, -0.25) is 9.59 Å². The number of nitrogens with one attached hydrogen (secondary N) is 1. The third-order valence-corrected chi connectivity index (χ3v) is 5.97. The lowest BCUT2D eigenvalue weighted by Crippen LogP contribution is -2.50. The summed E-state index contributed by atoms with van der Waals surface area (Å²) in [4.78, 5) is 26.9. The summed E-state index contributed by atoms with van der Waals surface area (Å²) in [5, 5.41) is 3.02. The van der Waals surface area contributed by atoms with Crippen LogP contribution < -0.4 is 5.32 Å². The summed E-state index contributed by atoms with van der Waals surface area (Å²) in [5.74, 6) is 1.52. The van der Waals surface area contributed by atoms with Gasteiger partial charge in [0.15, 0.2) is 0 Å². The molecule has 144 valence electrons. The van der Waals surface area contributed by atoms with Crippen LogP contribution in [0.2, 0.25) is 0 Å². The number of carbonyl (C=O) groups excluding carboxylic acids is 2. The van der Waals surface area contributed by atoms with Crippen molar-refractivity contribution in [2.45, 2.75) is 58.2 Å². The molecule has 5 heteroatoms. The maximum atomic E-state index is 12.7. The maximum Gasteiger partial charge on any atom is 0.232 e. The molecule has 0 spiro atoms. The van der Waals surface area contributed by atoms with Gasteiger partial charge in [0.05, 0.1) is 11.7 Å². The van der Waals surface area contributed by atoms with Gasteiger partial charge in [-0.15, -0.1) is 11.8 Å². The van der Waals surface area contributed by atoms with E-state index < -0.39 is 0 Å². The first-order valence-electron chi connectivity index (χ1n) is 9.71. The molecule has 2 amide bonds. The molecule has 1 fully saturated rings. The average Bonchev–Trinajstić information content (AvgIpc) is 2.62. The lowest BCUT2D eigenvalue weighted by atomic mass is 9.92. The summed E-state index contributed by atoms with van der Waals surface area (Å²) >= 11 is 1.65. The Labute approximate surface area is 162 Å². The Morgan fingerprint density at radius 3 is 2.85 bits per heavy atom. The number of rotatable bonds is 8. The van der Waals surface area contributed by atoms with E-state index >= 15 is 0 Å². The number of hydrogen-bond acceptors (Lipinski definition) is 3. The zero-order valence-corrected chi connectivity index (χ0v) is 17.1. The Bertz CT molecular complexity index is 605. The summed E-state index contributed by atoms with van der Waals surface area (Å²) in [6.45, 7) is 7.59. The molecule has 0 aromatic heterocycles. The summed E-state index contributed by atoms with van der Waals surface area (Å²) < 4.78 is 0. The summed E-state index contributed by atoms with van der Waals surface area (Å²) in [6.07, 6.45) is 3.86. The van der Waals surface area contributed by atoms with Crippen molar-refractivity contribution < 1.29 is 9.59 Å². The maximum absolute atomic E-state index is 12.7. The van der Waals surface area contributed by atoms with Gasteiger partial charge < -0.3 is 10.2 Å². The van der Waals surface area contributed by atoms with Gasteiger partial charge in [0, 0.05) is 24.9 Å². The van der Waals surface area contributed by atoms with E-state index in [0.717, 1.165) is 38.0 Å². The Kier molecular flexibility index (Phi) is 8.49. The number of amides is 2. The Morgan fingerprint density at radius 2 is 2.12 bits per heavy atom. The highest BCUT2D eigenvalue weighted by Gasteiger charge is 2.32. The number of carbonyl (C=O) groups is 2. The minimum Gasteiger partial charge on any atom is -0.356 e. The smallest absolute Gasteiger partial charge is 0.232 e. The molecule has 0 radical (unpaired) electrons. The molecule has 0 aliphatic carbocycles. The quantitative estimate of drug-likeness (QED) is 0.703. The average molecular weight is 377 g/mol. The van der Waals surface area contributed by atoms with Crippen molar-refractivity contribution in [1.29, 1.82) is 0 Å². The number of benzene rings is 1. The minimum atomic E-state index is -0.0613. The highest BCUT2D eigenvalue weighted by molar-refractivity contribution is 7.99. The number of hydrogen-bond donors (Lipinski definition) is 1. The van der Waals surface area contributed by atoms with Crippen molar-refractivity contribution >= 4 is 23.6 Å². The molecule has 26 heavy (non-hydrogen) atoms. The van der Waals surface area contributed by atoms with Crippen molar-refractivity contribution in [1.82, 2.24) is 10.2 Å². The molecule has 2 unspecified atom stereocenters. The first-order chi connectivity index (χ1) is 12.5. The van der Waals surface area contributed by atoms with E-state index in [-0.39, 0.29) is 23.8 Å². The molecule has 1 N–H and O–H groups in total. The molecule has 1 aliphatic heterocycles. The molecule has 1 aliphatic rings. The number of unbranched alkanes of at least 4 members (excludes halogenated alkanes) is 1. The van der Waals surface area contributed by atoms with Crippen LogP contribution in [0.15, 0.2) is 24.3 Å². The second kappa shape index (κ2) is 10.6. The van der Waals surface area contributed by atoms with Crippen LogP contribution in [0.4, 0.5) is 0 Å². The Balaban J connectivity index is 1.81. The number of likely N-dealkylation sites (tertiary alicyclic amines) is 1. The van der Waals surface area contributed by atoms with Gasteiger partial charge >= 0.3 is 0 Å². The van der Waals surface area contributed by atoms with Crippen LogP contribution in [0.5, 0.6) is 0 Å². The first-order valence-corrected chi connectivity index (χ1v) is 10.9. The minimum absolute atomic E-state index is 0.0613. The zero-order valence-electron chi connectivity index (χ0n) is 16.3. The molecule has 1 aromatic carbocycles. The Hall–Kier alpha value is -1.49. The number of thioether (sulfide) groups is 1. The van der Waals surface area contributed by atoms with E-state index in [1.165, 1.54) is 11.1 Å². The van der Waals surface area contributed by atoms with Crippen LogP contribution in [-0.2, 0) is 15.3 Å². The largest absolute Gasteiger partial charge is 0.356 e. The summed E-state index contributed by atoms with van der Waals surface area (Å²) in [7, 11) is 0. The predicted molar refractivity (Wildman–Crippen MR) is 109 cm³/mol. The number of piperidine rings is 1. The van der Waals surface area contributed by atoms with Crippen LogP contribution in [0.3, 0.4) is 0 Å². The monoisotopic (exact) mass is 376 g/mol. The molecular formula is C21H32N2O2S. The van der Waals surface area contributed by atoms with Crippen LogP contribution in [0, 0.1) is 12.8 Å². The number of nitrogens with zero attached hydrogens (tertiary/aromatic N) is 1. The fourth-order valence-corrected chi connectivity index (χ4v) is 4.20. The van der Waals surface area contributed by atoms with Crippen LogP contribution in [0.1, 0.15) is 50.7 Å². The van der Waals surface area contributed by atoms with Gasteiger partial charge in [-0.2, -0.15) is 0 Å². The van der Waals surface area contributed by atoms with Crippen molar-refractivity contribution in [3.8, 4) is 0 Å². The van der Waals surface area contributed by atoms with E-state index in [2.05, 4.69) is 50.4 Å². The highest BCUT2D eigenvalue weighted by Crippen LogP contribution is 2.24. The van der Waals surface area contributed by atoms with Crippen LogP contribution in [-0.4, -0.2) is 41.6 Å². The predicted octanol–water partition coefficient (Wildman–Crippen LogP) is 3.77. The molecule has 1 saturated heterocycles. The fourth-order valence-electron chi connectivity index (χ4n) is 3.34. The first kappa shape index (κ1) is 20.8. The zero-order chi connectivity index (χ0) is 18.9. The van der Waals surface area contributed by atoms with Crippen molar-refractivity contribution in [3.63, 3.8) is 0 Å². The molecule has 1 aromatic rings. The van der Waals surface area contributed by atoms with Gasteiger partial charge in [0.2, 0.25) is 11.8 Å².